The van der Waals surface area contributed by atoms with Crippen LogP contribution in [0.3, 0.4) is 0 Å². The van der Waals surface area contributed by atoms with Crippen LogP contribution >= 0.6 is 0 Å². The van der Waals surface area contributed by atoms with Crippen LogP contribution in [0.25, 0.3) is 0 Å². The van der Waals surface area contributed by atoms with Crippen molar-refractivity contribution in [3.8, 4) is 0 Å². The van der Waals surface area contributed by atoms with Gasteiger partial charge in [0.1, 0.15) is 5.54 Å². The molecule has 0 radical (unpaired) electrons. The molecule has 0 bridgehead atoms. The zero-order chi connectivity index (χ0) is 21.0. The van der Waals surface area contributed by atoms with E-state index in [-0.39, 0.29) is 23.9 Å². The van der Waals surface area contributed by atoms with Crippen LogP contribution in [0.15, 0.2) is 24.5 Å². The Balaban J connectivity index is 1.91. The number of aromatic nitrogens is 1. The first-order chi connectivity index (χ1) is 13.8. The Morgan fingerprint density at radius 2 is 1.97 bits per heavy atom. The fourth-order valence-electron chi connectivity index (χ4n) is 5.36. The molecule has 0 unspecified atom stereocenters. The minimum Gasteiger partial charge on any atom is -0.480 e. The number of aliphatic carboxylic acids is 1. The smallest absolute Gasteiger partial charge is 0.324 e. The second kappa shape index (κ2) is 9.24. The Hall–Kier alpha value is -1.95. The van der Waals surface area contributed by atoms with Crippen molar-refractivity contribution >= 4 is 11.9 Å². The number of nitrogens with one attached hydrogen (secondary N) is 1. The van der Waals surface area contributed by atoms with E-state index in [0.717, 1.165) is 31.2 Å². The normalized spacial score (nSPS) is 29.0. The van der Waals surface area contributed by atoms with Crippen molar-refractivity contribution in [1.29, 1.82) is 0 Å². The summed E-state index contributed by atoms with van der Waals surface area (Å²) < 4.78 is 0. The maximum absolute atomic E-state index is 13.4. The third-order valence-electron chi connectivity index (χ3n) is 6.74. The molecule has 1 amide bonds. The van der Waals surface area contributed by atoms with Crippen molar-refractivity contribution < 1.29 is 14.7 Å². The number of hydrogen-bond donors (Lipinski definition) is 2. The van der Waals surface area contributed by atoms with E-state index in [0.29, 0.717) is 12.8 Å². The first-order valence-corrected chi connectivity index (χ1v) is 11.0. The summed E-state index contributed by atoms with van der Waals surface area (Å²) in [5.41, 5.74) is -0.136. The molecule has 2 aliphatic rings. The average Bonchev–Trinajstić information content (AvgIpc) is 2.83. The number of pyridine rings is 1. The molecule has 1 saturated carbocycles. The second-order valence-corrected chi connectivity index (χ2v) is 9.28. The van der Waals surface area contributed by atoms with Crippen LogP contribution in [0.4, 0.5) is 0 Å². The summed E-state index contributed by atoms with van der Waals surface area (Å²) in [7, 11) is 1.85. The summed E-state index contributed by atoms with van der Waals surface area (Å²) in [5, 5.41) is 13.5. The number of rotatable bonds is 6. The van der Waals surface area contributed by atoms with E-state index < -0.39 is 17.4 Å². The highest BCUT2D eigenvalue weighted by Gasteiger charge is 2.57. The molecule has 160 valence electrons. The Morgan fingerprint density at radius 1 is 1.28 bits per heavy atom. The molecule has 1 aliphatic carbocycles. The van der Waals surface area contributed by atoms with Gasteiger partial charge in [-0.15, -0.1) is 0 Å². The fraction of sp³-hybridized carbons (Fsp3) is 0.696. The molecule has 1 aliphatic heterocycles. The summed E-state index contributed by atoms with van der Waals surface area (Å²) in [4.78, 5) is 32.0. The van der Waals surface area contributed by atoms with Gasteiger partial charge in [0.2, 0.25) is 5.91 Å². The lowest BCUT2D eigenvalue weighted by atomic mass is 9.83. The molecule has 3 rings (SSSR count). The summed E-state index contributed by atoms with van der Waals surface area (Å²) in [6.07, 6.45) is 11.1. The van der Waals surface area contributed by atoms with E-state index in [1.165, 1.54) is 12.8 Å². The first kappa shape index (κ1) is 21.8. The maximum atomic E-state index is 13.4. The minimum atomic E-state index is -1.04. The molecule has 29 heavy (non-hydrogen) atoms. The van der Waals surface area contributed by atoms with Crippen molar-refractivity contribution in [3.05, 3.63) is 30.1 Å². The SMILES string of the molecule is CC(C)C[C@@]1(C(=O)O)C[C@H](C(=O)NC2CCCCCC2)[C@H](c2cccnc2)N1C. The molecule has 1 saturated heterocycles. The van der Waals surface area contributed by atoms with Crippen LogP contribution in [0, 0.1) is 11.8 Å². The predicted octanol–water partition coefficient (Wildman–Crippen LogP) is 3.78. The number of likely N-dealkylation sites (tertiary alicyclic amines) is 1. The topological polar surface area (TPSA) is 82.5 Å². The number of hydrogen-bond acceptors (Lipinski definition) is 4. The van der Waals surface area contributed by atoms with Crippen LogP contribution in [0.1, 0.15) is 76.8 Å². The van der Waals surface area contributed by atoms with Gasteiger partial charge in [-0.05, 0) is 50.3 Å². The minimum absolute atomic E-state index is 0.00974. The number of amides is 1. The lowest BCUT2D eigenvalue weighted by Gasteiger charge is -2.36. The molecular weight excluding hydrogens is 366 g/mol. The van der Waals surface area contributed by atoms with Gasteiger partial charge in [0.25, 0.3) is 0 Å². The van der Waals surface area contributed by atoms with E-state index in [1.54, 1.807) is 12.4 Å². The quantitative estimate of drug-likeness (QED) is 0.709. The van der Waals surface area contributed by atoms with Crippen LogP contribution in [-0.4, -0.2) is 45.5 Å². The third kappa shape index (κ3) is 4.63. The average molecular weight is 402 g/mol. The molecule has 0 aromatic carbocycles. The largest absolute Gasteiger partial charge is 0.480 e. The Morgan fingerprint density at radius 3 is 2.52 bits per heavy atom. The highest BCUT2D eigenvalue weighted by Crippen LogP contribution is 2.48. The van der Waals surface area contributed by atoms with E-state index >= 15 is 0 Å². The molecule has 0 spiro atoms. The van der Waals surface area contributed by atoms with Gasteiger partial charge in [-0.1, -0.05) is 45.6 Å². The van der Waals surface area contributed by atoms with Gasteiger partial charge >= 0.3 is 5.97 Å². The standard InChI is InChI=1S/C23H35N3O3/c1-16(2)13-23(22(28)29)14-19(20(26(23)3)17-9-8-12-24-15-17)21(27)25-18-10-6-4-5-7-11-18/h8-9,12,15-16,18-20H,4-7,10-11,13-14H2,1-3H3,(H,25,27)(H,28,29)/t19-,20-,23-/m0/s1. The van der Waals surface area contributed by atoms with E-state index in [9.17, 15) is 14.7 Å². The summed E-state index contributed by atoms with van der Waals surface area (Å²) in [6.45, 7) is 4.08. The molecule has 3 atom stereocenters. The fourth-order valence-corrected chi connectivity index (χ4v) is 5.36. The third-order valence-corrected chi connectivity index (χ3v) is 6.74. The van der Waals surface area contributed by atoms with Crippen LogP contribution in [0.5, 0.6) is 0 Å². The lowest BCUT2D eigenvalue weighted by Crippen LogP contribution is -2.50. The predicted molar refractivity (Wildman–Crippen MR) is 112 cm³/mol. The van der Waals surface area contributed by atoms with Gasteiger partial charge in [-0.3, -0.25) is 19.5 Å². The number of carbonyl (C=O) groups is 2. The molecule has 6 heteroatoms. The van der Waals surface area contributed by atoms with Crippen LogP contribution < -0.4 is 5.32 Å². The second-order valence-electron chi connectivity index (χ2n) is 9.28. The molecule has 2 fully saturated rings. The van der Waals surface area contributed by atoms with Crippen molar-refractivity contribution in [2.75, 3.05) is 7.05 Å². The zero-order valence-electron chi connectivity index (χ0n) is 17.9. The Bertz CT molecular complexity index is 701. The highest BCUT2D eigenvalue weighted by atomic mass is 16.4. The van der Waals surface area contributed by atoms with Gasteiger partial charge in [0.15, 0.2) is 0 Å². The summed E-state index contributed by atoms with van der Waals surface area (Å²) in [5.74, 6) is -1.04. The number of nitrogens with zero attached hydrogens (tertiary/aromatic N) is 2. The molecule has 2 N–H and O–H groups in total. The van der Waals surface area contributed by atoms with E-state index in [1.807, 2.05) is 37.9 Å². The molecular formula is C23H35N3O3. The van der Waals surface area contributed by atoms with E-state index in [4.69, 9.17) is 0 Å². The molecule has 2 heterocycles. The zero-order valence-corrected chi connectivity index (χ0v) is 17.9. The molecule has 6 nitrogen and oxygen atoms in total. The van der Waals surface area contributed by atoms with Crippen molar-refractivity contribution in [1.82, 2.24) is 15.2 Å². The van der Waals surface area contributed by atoms with Crippen molar-refractivity contribution in [3.63, 3.8) is 0 Å². The van der Waals surface area contributed by atoms with E-state index in [2.05, 4.69) is 10.3 Å². The van der Waals surface area contributed by atoms with Crippen LogP contribution in [0.2, 0.25) is 0 Å². The Kier molecular flexibility index (Phi) is 6.93. The molecule has 1 aromatic rings. The van der Waals surface area contributed by atoms with Gasteiger partial charge in [-0.2, -0.15) is 0 Å². The van der Waals surface area contributed by atoms with Crippen molar-refractivity contribution in [2.24, 2.45) is 11.8 Å². The van der Waals surface area contributed by atoms with Gasteiger partial charge in [0, 0.05) is 24.5 Å². The number of carboxylic acids is 1. The summed E-state index contributed by atoms with van der Waals surface area (Å²) >= 11 is 0. The van der Waals surface area contributed by atoms with Gasteiger partial charge in [0.05, 0.1) is 5.92 Å². The molecule has 1 aromatic heterocycles. The number of carboxylic acid groups (broad SMARTS) is 1. The maximum Gasteiger partial charge on any atom is 0.324 e. The number of likely N-dealkylation sites (N-methyl/N-ethyl adjacent to an activating group) is 1. The Labute approximate surface area is 174 Å². The highest BCUT2D eigenvalue weighted by molar-refractivity contribution is 5.85. The lowest BCUT2D eigenvalue weighted by molar-refractivity contribution is -0.151. The number of carbonyl (C=O) groups excluding carboxylic acids is 1. The first-order valence-electron chi connectivity index (χ1n) is 11.0. The summed E-state index contributed by atoms with van der Waals surface area (Å²) in [6, 6.07) is 3.72. The van der Waals surface area contributed by atoms with Crippen molar-refractivity contribution in [2.45, 2.75) is 82.8 Å². The van der Waals surface area contributed by atoms with Crippen LogP contribution in [-0.2, 0) is 9.59 Å². The van der Waals surface area contributed by atoms with Gasteiger partial charge < -0.3 is 10.4 Å². The monoisotopic (exact) mass is 401 g/mol. The van der Waals surface area contributed by atoms with Gasteiger partial charge in [-0.25, -0.2) is 0 Å².